The van der Waals surface area contributed by atoms with E-state index in [0.29, 0.717) is 28.6 Å². The zero-order valence-electron chi connectivity index (χ0n) is 25.0. The van der Waals surface area contributed by atoms with Crippen LogP contribution < -0.4 is 70.3 Å². The number of methoxy groups -OCH3 is 1. The van der Waals surface area contributed by atoms with Crippen molar-refractivity contribution in [2.75, 3.05) is 7.11 Å². The summed E-state index contributed by atoms with van der Waals surface area (Å²) < 4.78 is 85.1. The van der Waals surface area contributed by atoms with Crippen LogP contribution in [-0.4, -0.2) is 28.5 Å². The average molecular weight is 681 g/mol. The molecule has 0 aliphatic carbocycles. The van der Waals surface area contributed by atoms with Crippen LogP contribution in [0.4, 0.5) is 0 Å². The maximum absolute atomic E-state index is 13.2. The van der Waals surface area contributed by atoms with E-state index in [1.165, 1.54) is 48.5 Å². The van der Waals surface area contributed by atoms with Crippen molar-refractivity contribution in [1.82, 2.24) is 0 Å². The first-order valence-corrected chi connectivity index (χ1v) is 16.2. The third-order valence-corrected chi connectivity index (χ3v) is 9.14. The smallest absolute Gasteiger partial charge is 0.744 e. The predicted octanol–water partition coefficient (Wildman–Crippen LogP) is 4.10. The van der Waals surface area contributed by atoms with E-state index in [-0.39, 0.29) is 78.4 Å². The van der Waals surface area contributed by atoms with Crippen molar-refractivity contribution in [2.45, 2.75) is 21.6 Å². The average Bonchev–Trinajstić information content (AvgIpc) is 3.02. The molecule has 0 aliphatic rings. The van der Waals surface area contributed by atoms with E-state index < -0.39 is 24.9 Å². The molecule has 0 N–H and O–H groups in total. The number of aryl methyl sites for hydroxylation is 1. The van der Waals surface area contributed by atoms with Crippen LogP contribution in [0.1, 0.15) is 11.1 Å². The van der Waals surface area contributed by atoms with Gasteiger partial charge in [0.2, 0.25) is 9.84 Å². The number of benzene rings is 5. The Morgan fingerprint density at radius 3 is 1.61 bits per heavy atom. The second-order valence-electron chi connectivity index (χ2n) is 9.63. The van der Waals surface area contributed by atoms with Gasteiger partial charge >= 0.3 is 51.4 Å². The van der Waals surface area contributed by atoms with Gasteiger partial charge in [-0.15, -0.1) is 6.42 Å². The zero-order valence-corrected chi connectivity index (χ0v) is 29.7. The van der Waals surface area contributed by atoms with Crippen LogP contribution in [0.2, 0.25) is 0 Å². The summed E-state index contributed by atoms with van der Waals surface area (Å²) in [5.41, 5.74) is 1.31. The molecule has 0 fully saturated rings. The van der Waals surface area contributed by atoms with Crippen molar-refractivity contribution in [1.29, 1.82) is 0 Å². The summed E-state index contributed by atoms with van der Waals surface area (Å²) in [6, 6.07) is 27.1. The molecule has 46 heavy (non-hydrogen) atoms. The van der Waals surface area contributed by atoms with Crippen molar-refractivity contribution in [3.8, 4) is 52.6 Å². The molecule has 0 radical (unpaired) electrons. The van der Waals surface area contributed by atoms with Crippen LogP contribution in [0, 0.1) is 19.3 Å². The molecule has 5 aromatic carbocycles. The summed E-state index contributed by atoms with van der Waals surface area (Å²) in [5.74, 6) is 4.38. The molecule has 9 nitrogen and oxygen atoms in total. The second-order valence-corrected chi connectivity index (χ2v) is 12.9. The number of sulfone groups is 1. The molecule has 0 spiro atoms. The van der Waals surface area contributed by atoms with Crippen LogP contribution in [-0.2, 0) is 20.0 Å². The van der Waals surface area contributed by atoms with E-state index in [1.807, 2.05) is 6.92 Å². The molecular weight excluding hydrogens is 656 g/mol. The molecule has 0 saturated carbocycles. The summed E-state index contributed by atoms with van der Waals surface area (Å²) in [4.78, 5) is -0.653. The van der Waals surface area contributed by atoms with Gasteiger partial charge < -0.3 is 23.5 Å². The Kier molecular flexibility index (Phi) is 11.4. The summed E-state index contributed by atoms with van der Waals surface area (Å²) in [7, 11) is -7.34. The monoisotopic (exact) mass is 680 g/mol. The van der Waals surface area contributed by atoms with Gasteiger partial charge in [-0.1, -0.05) is 12.0 Å². The minimum absolute atomic E-state index is 0. The fourth-order valence-electron chi connectivity index (χ4n) is 4.21. The third-order valence-electron chi connectivity index (χ3n) is 6.50. The number of hydrogen-bond acceptors (Lipinski definition) is 9. The van der Waals surface area contributed by atoms with E-state index in [1.54, 1.807) is 61.7 Å². The Hall–Kier alpha value is -3.64. The van der Waals surface area contributed by atoms with Gasteiger partial charge in [-0.3, -0.25) is 0 Å². The number of ether oxygens (including phenoxy) is 4. The van der Waals surface area contributed by atoms with Crippen molar-refractivity contribution in [3.63, 3.8) is 0 Å². The summed E-state index contributed by atoms with van der Waals surface area (Å²) >= 11 is 0. The predicted molar refractivity (Wildman–Crippen MR) is 165 cm³/mol. The Balaban J connectivity index is 0.00000480. The second kappa shape index (κ2) is 14.8. The molecule has 12 heteroatoms. The molecule has 0 heterocycles. The van der Waals surface area contributed by atoms with Crippen molar-refractivity contribution >= 4 is 20.0 Å². The molecular formula is C34H25KO9S2. The minimum Gasteiger partial charge on any atom is -0.744 e. The molecule has 0 amide bonds. The molecule has 5 rings (SSSR count). The van der Waals surface area contributed by atoms with Crippen LogP contribution in [0.3, 0.4) is 0 Å². The summed E-state index contributed by atoms with van der Waals surface area (Å²) in [6.45, 7) is 1.84. The summed E-state index contributed by atoms with van der Waals surface area (Å²) in [6.07, 6.45) is 5.53. The van der Waals surface area contributed by atoms with E-state index in [2.05, 4.69) is 5.92 Å². The van der Waals surface area contributed by atoms with Crippen LogP contribution in [0.25, 0.3) is 0 Å². The quantitative estimate of drug-likeness (QED) is 0.122. The number of rotatable bonds is 10. The van der Waals surface area contributed by atoms with Gasteiger partial charge in [0.1, 0.15) is 55.3 Å². The normalized spacial score (nSPS) is 11.1. The Labute approximate surface area is 310 Å². The van der Waals surface area contributed by atoms with Crippen LogP contribution in [0.5, 0.6) is 40.2 Å². The first kappa shape index (κ1) is 35.2. The van der Waals surface area contributed by atoms with Crippen molar-refractivity contribution < 1.29 is 91.7 Å². The van der Waals surface area contributed by atoms with Crippen LogP contribution in [0.15, 0.2) is 124 Å². The largest absolute Gasteiger partial charge is 1.00 e. The van der Waals surface area contributed by atoms with Crippen LogP contribution >= 0.6 is 0 Å². The number of hydrogen-bond donors (Lipinski definition) is 0. The van der Waals surface area contributed by atoms with Gasteiger partial charge in [-0.2, -0.15) is 0 Å². The fraction of sp³-hybridized carbons (Fsp3) is 0.0588. The van der Waals surface area contributed by atoms with Gasteiger partial charge in [-0.05, 0) is 110 Å². The van der Waals surface area contributed by atoms with Gasteiger partial charge in [0, 0.05) is 6.07 Å². The minimum atomic E-state index is -4.99. The molecule has 228 valence electrons. The molecule has 5 aromatic rings. The SMILES string of the molecule is C#Cc1ccc(C)cc1Oc1ccc(Oc2ccc(S(=O)(=O)c3ccc(Oc4ccc(OC)cc4)cc3)cc2)c(S(=O)(=O)[O-])c1.[K+]. The number of terminal acetylenes is 1. The topological polar surface area (TPSA) is 128 Å². The Bertz CT molecular complexity index is 2100. The van der Waals surface area contributed by atoms with Gasteiger partial charge in [0.05, 0.1) is 22.5 Å². The van der Waals surface area contributed by atoms with E-state index in [9.17, 15) is 21.4 Å². The molecule has 0 atom stereocenters. The first-order chi connectivity index (χ1) is 21.5. The first-order valence-electron chi connectivity index (χ1n) is 13.3. The zero-order chi connectivity index (χ0) is 32.2. The van der Waals surface area contributed by atoms with Crippen molar-refractivity contribution in [3.05, 3.63) is 120 Å². The Morgan fingerprint density at radius 1 is 0.609 bits per heavy atom. The molecule has 0 aliphatic heterocycles. The van der Waals surface area contributed by atoms with Gasteiger partial charge in [0.25, 0.3) is 0 Å². The van der Waals surface area contributed by atoms with Crippen molar-refractivity contribution in [2.24, 2.45) is 0 Å². The summed E-state index contributed by atoms with van der Waals surface area (Å²) in [5, 5.41) is 0. The molecule has 0 unspecified atom stereocenters. The van der Waals surface area contributed by atoms with E-state index in [0.717, 1.165) is 11.6 Å². The standard InChI is InChI=1S/C34H26O9S2.K/c1-4-24-6-5-23(2)21-33(24)43-29-15-20-32(34(22-29)45(37,38)39)42-28-13-18-31(19-14-28)44(35,36)30-16-11-27(12-17-30)41-26-9-7-25(40-3)8-10-26;/h1,5-22H,2-3H3,(H,37,38,39);/q;+1/p-1. The van der Waals surface area contributed by atoms with Gasteiger partial charge in [-0.25, -0.2) is 16.8 Å². The van der Waals surface area contributed by atoms with Gasteiger partial charge in [0.15, 0.2) is 0 Å². The fourth-order valence-corrected chi connectivity index (χ4v) is 6.09. The maximum Gasteiger partial charge on any atom is 1.00 e. The third kappa shape index (κ3) is 8.38. The Morgan fingerprint density at radius 2 is 1.09 bits per heavy atom. The van der Waals surface area contributed by atoms with E-state index in [4.69, 9.17) is 25.4 Å². The molecule has 0 bridgehead atoms. The van der Waals surface area contributed by atoms with E-state index >= 15 is 0 Å². The molecule has 0 saturated heterocycles. The molecule has 0 aromatic heterocycles. The maximum atomic E-state index is 13.2.